The van der Waals surface area contributed by atoms with E-state index in [0.717, 1.165) is 0 Å². The van der Waals surface area contributed by atoms with Crippen LogP contribution in [0.25, 0.3) is 0 Å². The third kappa shape index (κ3) is 3.07. The van der Waals surface area contributed by atoms with Crippen LogP contribution in [-0.2, 0) is 9.53 Å². The first kappa shape index (κ1) is 8.95. The molecule has 0 aliphatic carbocycles. The van der Waals surface area contributed by atoms with Crippen LogP contribution in [0.2, 0.25) is 0 Å². The van der Waals surface area contributed by atoms with Gasteiger partial charge in [-0.3, -0.25) is 0 Å². The zero-order valence-electron chi connectivity index (χ0n) is 6.39. The Kier molecular flexibility index (Phi) is 4.29. The van der Waals surface area contributed by atoms with Gasteiger partial charge in [-0.25, -0.2) is 4.79 Å². The van der Waals surface area contributed by atoms with Crippen molar-refractivity contribution in [1.82, 2.24) is 0 Å². The molecule has 2 heteroatoms. The minimum atomic E-state index is -0.276. The fourth-order valence-electron chi connectivity index (χ4n) is 0.366. The summed E-state index contributed by atoms with van der Waals surface area (Å²) in [6.07, 6.45) is 3.26. The summed E-state index contributed by atoms with van der Waals surface area (Å²) >= 11 is 0. The fraction of sp³-hybridized carbons (Fsp3) is 0.375. The van der Waals surface area contributed by atoms with Gasteiger partial charge in [0.15, 0.2) is 0 Å². The highest BCUT2D eigenvalue weighted by molar-refractivity contribution is 5.87. The Balaban J connectivity index is 3.74. The first-order valence-corrected chi connectivity index (χ1v) is 3.13. The second-order valence-corrected chi connectivity index (χ2v) is 1.86. The molecule has 10 heavy (non-hydrogen) atoms. The molecule has 0 bridgehead atoms. The number of esters is 1. The summed E-state index contributed by atoms with van der Waals surface area (Å²) in [5, 5.41) is 0. The quantitative estimate of drug-likeness (QED) is 0.338. The summed E-state index contributed by atoms with van der Waals surface area (Å²) in [4.78, 5) is 10.8. The highest BCUT2D eigenvalue weighted by Gasteiger charge is 2.00. The third-order valence-electron chi connectivity index (χ3n) is 1.09. The van der Waals surface area contributed by atoms with E-state index in [1.807, 2.05) is 0 Å². The predicted molar refractivity (Wildman–Crippen MR) is 40.6 cm³/mol. The molecule has 0 spiro atoms. The molecule has 0 aromatic rings. The molecule has 0 saturated heterocycles. The zero-order valence-corrected chi connectivity index (χ0v) is 6.39. The van der Waals surface area contributed by atoms with Crippen LogP contribution >= 0.6 is 0 Å². The van der Waals surface area contributed by atoms with Crippen LogP contribution in [-0.4, -0.2) is 12.6 Å². The Morgan fingerprint density at radius 2 is 2.30 bits per heavy atom. The van der Waals surface area contributed by atoms with Crippen LogP contribution in [0.4, 0.5) is 0 Å². The Hall–Kier alpha value is -1.05. The van der Waals surface area contributed by atoms with Crippen molar-refractivity contribution in [2.45, 2.75) is 13.8 Å². The highest BCUT2D eigenvalue weighted by atomic mass is 16.5. The average Bonchev–Trinajstić information content (AvgIpc) is 1.98. The maximum Gasteiger partial charge on any atom is 0.333 e. The molecule has 0 atom stereocenters. The molecule has 0 aromatic carbocycles. The van der Waals surface area contributed by atoms with Gasteiger partial charge in [0.1, 0.15) is 6.61 Å². The summed E-state index contributed by atoms with van der Waals surface area (Å²) < 4.78 is 4.72. The van der Waals surface area contributed by atoms with Crippen LogP contribution in [0.5, 0.6) is 0 Å². The van der Waals surface area contributed by atoms with E-state index in [1.165, 1.54) is 0 Å². The number of carbonyl (C=O) groups is 1. The van der Waals surface area contributed by atoms with E-state index in [4.69, 9.17) is 4.74 Å². The molecule has 0 N–H and O–H groups in total. The van der Waals surface area contributed by atoms with Gasteiger partial charge in [0.05, 0.1) is 0 Å². The molecule has 0 aliphatic heterocycles. The number of carbonyl (C=O) groups excluding carboxylic acids is 1. The summed E-state index contributed by atoms with van der Waals surface area (Å²) in [6, 6.07) is 0. The maximum absolute atomic E-state index is 10.8. The molecular formula is C8H12O2. The van der Waals surface area contributed by atoms with Crippen molar-refractivity contribution in [3.05, 3.63) is 24.3 Å². The lowest BCUT2D eigenvalue weighted by atomic mass is 10.3. The number of rotatable bonds is 3. The van der Waals surface area contributed by atoms with Crippen molar-refractivity contribution in [3.8, 4) is 0 Å². The van der Waals surface area contributed by atoms with E-state index in [9.17, 15) is 4.79 Å². The molecule has 0 amide bonds. The van der Waals surface area contributed by atoms with Crippen LogP contribution in [0.3, 0.4) is 0 Å². The van der Waals surface area contributed by atoms with Gasteiger partial charge in [-0.1, -0.05) is 18.7 Å². The van der Waals surface area contributed by atoms with Gasteiger partial charge in [0, 0.05) is 5.57 Å². The molecule has 0 rings (SSSR count). The second-order valence-electron chi connectivity index (χ2n) is 1.86. The van der Waals surface area contributed by atoms with Crippen molar-refractivity contribution in [2.24, 2.45) is 0 Å². The van der Waals surface area contributed by atoms with Gasteiger partial charge >= 0.3 is 5.97 Å². The topological polar surface area (TPSA) is 26.3 Å². The number of hydrogen-bond acceptors (Lipinski definition) is 2. The van der Waals surface area contributed by atoms with Gasteiger partial charge in [0.2, 0.25) is 0 Å². The van der Waals surface area contributed by atoms with E-state index in [-0.39, 0.29) is 12.6 Å². The number of hydrogen-bond donors (Lipinski definition) is 0. The Morgan fingerprint density at radius 1 is 1.70 bits per heavy atom. The van der Waals surface area contributed by atoms with E-state index in [1.54, 1.807) is 26.0 Å². The molecule has 0 fully saturated rings. The van der Waals surface area contributed by atoms with E-state index in [2.05, 4.69) is 6.58 Å². The van der Waals surface area contributed by atoms with Gasteiger partial charge in [-0.2, -0.15) is 0 Å². The van der Waals surface area contributed by atoms with Crippen molar-refractivity contribution >= 4 is 5.97 Å². The van der Waals surface area contributed by atoms with E-state index in [0.29, 0.717) is 5.57 Å². The minimum absolute atomic E-state index is 0.276. The molecule has 0 unspecified atom stereocenters. The molecule has 56 valence electrons. The monoisotopic (exact) mass is 140 g/mol. The zero-order chi connectivity index (χ0) is 7.98. The van der Waals surface area contributed by atoms with Gasteiger partial charge in [0.25, 0.3) is 0 Å². The first-order chi connectivity index (χ1) is 4.72. The van der Waals surface area contributed by atoms with Crippen LogP contribution in [0.15, 0.2) is 24.3 Å². The van der Waals surface area contributed by atoms with Crippen LogP contribution in [0, 0.1) is 0 Å². The minimum Gasteiger partial charge on any atom is -0.458 e. The third-order valence-corrected chi connectivity index (χ3v) is 1.09. The molecule has 0 saturated carbocycles. The second kappa shape index (κ2) is 4.79. The summed E-state index contributed by atoms with van der Waals surface area (Å²) in [5.74, 6) is -0.276. The first-order valence-electron chi connectivity index (χ1n) is 3.13. The summed E-state index contributed by atoms with van der Waals surface area (Å²) in [7, 11) is 0. The standard InChI is InChI=1S/C8H12O2/c1-4-6-10-8(9)7(3)5-2/h4-5H,1,6H2,2-3H3. The molecule has 0 heterocycles. The molecular weight excluding hydrogens is 128 g/mol. The number of allylic oxidation sites excluding steroid dienone is 1. The Labute approximate surface area is 61.2 Å². The largest absolute Gasteiger partial charge is 0.458 e. The Bertz CT molecular complexity index is 157. The Morgan fingerprint density at radius 3 is 2.70 bits per heavy atom. The van der Waals surface area contributed by atoms with Crippen molar-refractivity contribution in [3.63, 3.8) is 0 Å². The predicted octanol–water partition coefficient (Wildman–Crippen LogP) is 1.68. The summed E-state index contributed by atoms with van der Waals surface area (Å²) in [5.41, 5.74) is 0.627. The molecule has 2 nitrogen and oxygen atoms in total. The van der Waals surface area contributed by atoms with Gasteiger partial charge in [-0.15, -0.1) is 0 Å². The molecule has 0 radical (unpaired) electrons. The van der Waals surface area contributed by atoms with E-state index < -0.39 is 0 Å². The lowest BCUT2D eigenvalue weighted by Crippen LogP contribution is -2.04. The number of ether oxygens (including phenoxy) is 1. The lowest BCUT2D eigenvalue weighted by molar-refractivity contribution is -0.137. The van der Waals surface area contributed by atoms with Crippen LogP contribution < -0.4 is 0 Å². The van der Waals surface area contributed by atoms with Crippen molar-refractivity contribution in [1.29, 1.82) is 0 Å². The maximum atomic E-state index is 10.8. The highest BCUT2D eigenvalue weighted by Crippen LogP contribution is 1.94. The SMILES string of the molecule is C=CCOC(=O)C(C)=CC. The fourth-order valence-corrected chi connectivity index (χ4v) is 0.366. The van der Waals surface area contributed by atoms with Crippen molar-refractivity contribution in [2.75, 3.05) is 6.61 Å². The van der Waals surface area contributed by atoms with Crippen LogP contribution in [0.1, 0.15) is 13.8 Å². The average molecular weight is 140 g/mol. The van der Waals surface area contributed by atoms with Gasteiger partial charge < -0.3 is 4.74 Å². The lowest BCUT2D eigenvalue weighted by Gasteiger charge is -1.99. The normalized spacial score (nSPS) is 10.8. The van der Waals surface area contributed by atoms with Crippen molar-refractivity contribution < 1.29 is 9.53 Å². The smallest absolute Gasteiger partial charge is 0.333 e. The molecule has 0 aliphatic rings. The summed E-state index contributed by atoms with van der Waals surface area (Å²) in [6.45, 7) is 7.21. The molecule has 0 aromatic heterocycles. The van der Waals surface area contributed by atoms with Gasteiger partial charge in [-0.05, 0) is 13.8 Å². The van der Waals surface area contributed by atoms with E-state index >= 15 is 0 Å².